The number of phosphoric acid groups is 1. The first-order valence-electron chi connectivity index (χ1n) is 2.09. The standard InChI is InChI=1S/CH6O7P2S/c1-11-10(5,6)8-7-9(2,3)4/h1H3,(H3-,2,3,4,5,6). The van der Waals surface area contributed by atoms with Crippen molar-refractivity contribution in [2.24, 2.45) is 0 Å². The molecule has 7 nitrogen and oxygen atoms in total. The minimum absolute atomic E-state index is 0.472. The van der Waals surface area contributed by atoms with Gasteiger partial charge in [0, 0.05) is 0 Å². The van der Waals surface area contributed by atoms with Crippen LogP contribution in [-0.2, 0) is 24.9 Å². The maximum atomic E-state index is 9.82. The Morgan fingerprint density at radius 1 is 1.36 bits per heavy atom. The van der Waals surface area contributed by atoms with Crippen LogP contribution in [0.5, 0.6) is 0 Å². The summed E-state index contributed by atoms with van der Waals surface area (Å²) in [6, 6.07) is 0. The molecule has 0 aromatic heterocycles. The van der Waals surface area contributed by atoms with Gasteiger partial charge in [0.05, 0.1) is 0 Å². The SMILES string of the molecule is C[S+]=P(O)(O)OOP(=O)([O-])O. The van der Waals surface area contributed by atoms with Gasteiger partial charge in [0.2, 0.25) is 10.9 Å². The van der Waals surface area contributed by atoms with Crippen molar-refractivity contribution < 1.29 is 33.5 Å². The van der Waals surface area contributed by atoms with Gasteiger partial charge in [-0.15, -0.1) is 4.67 Å². The van der Waals surface area contributed by atoms with Gasteiger partial charge in [-0.2, -0.15) is 4.67 Å². The number of rotatable bonds is 3. The lowest BCUT2D eigenvalue weighted by molar-refractivity contribution is -0.268. The van der Waals surface area contributed by atoms with Crippen LogP contribution >= 0.6 is 14.5 Å². The topological polar surface area (TPSA) is 119 Å². The van der Waals surface area contributed by atoms with Crippen molar-refractivity contribution in [2.45, 2.75) is 0 Å². The van der Waals surface area contributed by atoms with Gasteiger partial charge in [-0.3, -0.25) is 14.4 Å². The summed E-state index contributed by atoms with van der Waals surface area (Å²) in [5.41, 5.74) is 0. The van der Waals surface area contributed by atoms with Crippen LogP contribution in [0.4, 0.5) is 0 Å². The largest absolute Gasteiger partial charge is 0.755 e. The Bertz CT molecular complexity index is 210. The maximum Gasteiger partial charge on any atom is 0.545 e. The predicted molar refractivity (Wildman–Crippen MR) is 36.6 cm³/mol. The lowest BCUT2D eigenvalue weighted by Gasteiger charge is -2.12. The van der Waals surface area contributed by atoms with E-state index in [1.165, 1.54) is 6.26 Å². The second kappa shape index (κ2) is 4.04. The first-order valence-corrected chi connectivity index (χ1v) is 7.03. The normalized spacial score (nSPS) is 17.5. The van der Waals surface area contributed by atoms with E-state index in [9.17, 15) is 9.46 Å². The summed E-state index contributed by atoms with van der Waals surface area (Å²) in [5, 5.41) is 0. The molecule has 0 aromatic rings. The van der Waals surface area contributed by atoms with Crippen molar-refractivity contribution in [1.29, 1.82) is 0 Å². The van der Waals surface area contributed by atoms with Gasteiger partial charge in [-0.25, -0.2) is 0 Å². The molecular weight excluding hydrogens is 218 g/mol. The third-order valence-corrected chi connectivity index (χ3v) is 3.20. The first kappa shape index (κ1) is 11.6. The van der Waals surface area contributed by atoms with E-state index in [2.05, 4.69) is 9.35 Å². The minimum Gasteiger partial charge on any atom is -0.755 e. The van der Waals surface area contributed by atoms with Gasteiger partial charge in [-0.05, 0) is 0 Å². The Morgan fingerprint density at radius 2 is 1.82 bits per heavy atom. The molecule has 11 heavy (non-hydrogen) atoms. The molecule has 0 saturated heterocycles. The average molecular weight is 224 g/mol. The van der Waals surface area contributed by atoms with E-state index in [4.69, 9.17) is 14.7 Å². The van der Waals surface area contributed by atoms with Crippen molar-refractivity contribution >= 4 is 25.5 Å². The second-order valence-corrected chi connectivity index (χ2v) is 6.39. The van der Waals surface area contributed by atoms with Crippen LogP contribution in [0.1, 0.15) is 0 Å². The Hall–Kier alpha value is 0.640. The molecule has 0 fully saturated rings. The third-order valence-electron chi connectivity index (χ3n) is 0.462. The summed E-state index contributed by atoms with van der Waals surface area (Å²) in [6.07, 6.45) is 1.27. The lowest BCUT2D eigenvalue weighted by Crippen LogP contribution is -2.03. The van der Waals surface area contributed by atoms with E-state index >= 15 is 0 Å². The summed E-state index contributed by atoms with van der Waals surface area (Å²) < 4.78 is 16.7. The van der Waals surface area contributed by atoms with Gasteiger partial charge in [-0.1, -0.05) is 0 Å². The van der Waals surface area contributed by atoms with Crippen LogP contribution in [0.25, 0.3) is 0 Å². The fourth-order valence-corrected chi connectivity index (χ4v) is 1.29. The van der Waals surface area contributed by atoms with Crippen LogP contribution in [-0.4, -0.2) is 20.9 Å². The molecule has 0 rings (SSSR count). The van der Waals surface area contributed by atoms with Gasteiger partial charge in [0.15, 0.2) is 6.26 Å². The molecule has 0 bridgehead atoms. The van der Waals surface area contributed by atoms with Crippen molar-refractivity contribution in [2.75, 3.05) is 6.26 Å². The van der Waals surface area contributed by atoms with Crippen LogP contribution in [0.15, 0.2) is 0 Å². The van der Waals surface area contributed by atoms with Gasteiger partial charge < -0.3 is 9.79 Å². The summed E-state index contributed by atoms with van der Waals surface area (Å²) >= 11 is 0. The Kier molecular flexibility index (Phi) is 4.28. The van der Waals surface area contributed by atoms with Crippen LogP contribution in [0.3, 0.4) is 0 Å². The van der Waals surface area contributed by atoms with E-state index in [0.717, 1.165) is 0 Å². The number of hydrogen-bond acceptors (Lipinski definition) is 4. The van der Waals surface area contributed by atoms with Crippen LogP contribution in [0, 0.1) is 0 Å². The quantitative estimate of drug-likeness (QED) is 0.237. The Morgan fingerprint density at radius 3 is 2.09 bits per heavy atom. The zero-order chi connectivity index (χ0) is 9.12. The van der Waals surface area contributed by atoms with E-state index < -0.39 is 14.5 Å². The Labute approximate surface area is 66.0 Å². The minimum atomic E-state index is -5.05. The molecule has 0 amide bonds. The summed E-state index contributed by atoms with van der Waals surface area (Å²) in [5.74, 6) is 0. The van der Waals surface area contributed by atoms with E-state index in [-0.39, 0.29) is 0 Å². The molecule has 0 spiro atoms. The summed E-state index contributed by atoms with van der Waals surface area (Å²) in [7, 11) is -4.58. The van der Waals surface area contributed by atoms with E-state index in [1.807, 2.05) is 0 Å². The van der Waals surface area contributed by atoms with Crippen molar-refractivity contribution in [3.63, 3.8) is 0 Å². The second-order valence-electron chi connectivity index (χ2n) is 1.29. The summed E-state index contributed by atoms with van der Waals surface area (Å²) in [4.78, 5) is 34.9. The average Bonchev–Trinajstić information content (AvgIpc) is 1.83. The molecule has 0 radical (unpaired) electrons. The summed E-state index contributed by atoms with van der Waals surface area (Å²) in [6.45, 7) is -3.86. The molecule has 0 heterocycles. The first-order chi connectivity index (χ1) is 4.77. The maximum absolute atomic E-state index is 9.82. The van der Waals surface area contributed by atoms with E-state index in [0.29, 0.717) is 10.9 Å². The molecule has 0 aliphatic carbocycles. The fourth-order valence-electron chi connectivity index (χ4n) is 0.116. The predicted octanol–water partition coefficient (Wildman–Crippen LogP) is -1.23. The van der Waals surface area contributed by atoms with E-state index in [1.54, 1.807) is 0 Å². The zero-order valence-electron chi connectivity index (χ0n) is 5.28. The molecule has 0 aliphatic rings. The smallest absolute Gasteiger partial charge is 0.545 e. The molecule has 3 N–H and O–H groups in total. The highest BCUT2D eigenvalue weighted by molar-refractivity contribution is 8.16. The number of hydrogen-bond donors (Lipinski definition) is 3. The molecule has 1 atom stereocenters. The fraction of sp³-hybridized carbons (Fsp3) is 1.00. The third kappa shape index (κ3) is 7.02. The van der Waals surface area contributed by atoms with Crippen LogP contribution in [0.2, 0.25) is 0 Å². The van der Waals surface area contributed by atoms with Crippen molar-refractivity contribution in [3.05, 3.63) is 0 Å². The van der Waals surface area contributed by atoms with Gasteiger partial charge in [0.1, 0.15) is 0 Å². The highest BCUT2D eigenvalue weighted by Gasteiger charge is 2.26. The monoisotopic (exact) mass is 224 g/mol. The highest BCUT2D eigenvalue weighted by Crippen LogP contribution is 2.45. The molecular formula is CH6O7P2S. The molecule has 68 valence electrons. The van der Waals surface area contributed by atoms with Crippen molar-refractivity contribution in [3.8, 4) is 0 Å². The molecule has 1 unspecified atom stereocenters. The van der Waals surface area contributed by atoms with Crippen LogP contribution < -0.4 is 4.89 Å². The molecule has 0 aliphatic heterocycles. The lowest BCUT2D eigenvalue weighted by atomic mass is 12.0. The molecule has 0 aromatic carbocycles. The molecule has 10 heteroatoms. The Balaban J connectivity index is 4.02. The highest BCUT2D eigenvalue weighted by atomic mass is 32.5. The molecule has 0 saturated carbocycles. The zero-order valence-corrected chi connectivity index (χ0v) is 7.88. The van der Waals surface area contributed by atoms with Gasteiger partial charge >= 0.3 is 6.72 Å². The van der Waals surface area contributed by atoms with Gasteiger partial charge in [0.25, 0.3) is 7.82 Å². The van der Waals surface area contributed by atoms with Crippen molar-refractivity contribution in [1.82, 2.24) is 0 Å².